The molecule has 0 spiro atoms. The quantitative estimate of drug-likeness (QED) is 0.822. The summed E-state index contributed by atoms with van der Waals surface area (Å²) in [6.45, 7) is 2.53. The van der Waals surface area contributed by atoms with Crippen molar-refractivity contribution in [3.05, 3.63) is 22.7 Å². The van der Waals surface area contributed by atoms with E-state index in [2.05, 4.69) is 11.1 Å². The average molecular weight is 208 g/mol. The number of hydrogen-bond acceptors (Lipinski definition) is 4. The number of nitrogens with two attached hydrogens (primary N) is 1. The van der Waals surface area contributed by atoms with E-state index >= 15 is 0 Å². The second-order valence-corrected chi connectivity index (χ2v) is 4.24. The van der Waals surface area contributed by atoms with Crippen molar-refractivity contribution in [3.63, 3.8) is 0 Å². The molecule has 0 unspecified atom stereocenters. The highest BCUT2D eigenvalue weighted by atomic mass is 32.1. The van der Waals surface area contributed by atoms with Gasteiger partial charge in [-0.2, -0.15) is 0 Å². The number of benzene rings is 1. The van der Waals surface area contributed by atoms with Crippen molar-refractivity contribution >= 4 is 21.6 Å². The summed E-state index contributed by atoms with van der Waals surface area (Å²) in [4.78, 5) is 4.41. The van der Waals surface area contributed by atoms with Gasteiger partial charge in [-0.05, 0) is 24.6 Å². The summed E-state index contributed by atoms with van der Waals surface area (Å²) in [5, 5.41) is 0.948. The predicted molar refractivity (Wildman–Crippen MR) is 58.8 cm³/mol. The Morgan fingerprint density at radius 2 is 2.29 bits per heavy atom. The van der Waals surface area contributed by atoms with E-state index in [1.165, 1.54) is 5.56 Å². The van der Waals surface area contributed by atoms with Crippen LogP contribution in [0.2, 0.25) is 0 Å². The molecule has 4 heteroatoms. The molecule has 1 aromatic heterocycles. The van der Waals surface area contributed by atoms with Crippen molar-refractivity contribution in [1.82, 2.24) is 4.98 Å². The summed E-state index contributed by atoms with van der Waals surface area (Å²) in [7, 11) is 1.66. The minimum absolute atomic E-state index is 0.488. The van der Waals surface area contributed by atoms with Crippen molar-refractivity contribution in [2.75, 3.05) is 7.11 Å². The fourth-order valence-electron chi connectivity index (χ4n) is 1.42. The molecule has 14 heavy (non-hydrogen) atoms. The van der Waals surface area contributed by atoms with Crippen LogP contribution < -0.4 is 10.5 Å². The van der Waals surface area contributed by atoms with E-state index in [9.17, 15) is 0 Å². The van der Waals surface area contributed by atoms with Crippen LogP contribution in [-0.4, -0.2) is 12.1 Å². The third kappa shape index (κ3) is 1.47. The van der Waals surface area contributed by atoms with Crippen molar-refractivity contribution in [2.24, 2.45) is 5.73 Å². The van der Waals surface area contributed by atoms with E-state index in [0.717, 1.165) is 21.0 Å². The molecule has 0 atom stereocenters. The first kappa shape index (κ1) is 9.43. The third-order valence-electron chi connectivity index (χ3n) is 2.04. The molecule has 0 aliphatic rings. The largest absolute Gasteiger partial charge is 0.494 e. The summed E-state index contributed by atoms with van der Waals surface area (Å²) in [6, 6.07) is 4.09. The van der Waals surface area contributed by atoms with Crippen LogP contribution in [0.15, 0.2) is 12.1 Å². The molecule has 2 aromatic rings. The molecule has 0 aliphatic carbocycles. The molecule has 74 valence electrons. The highest BCUT2D eigenvalue weighted by molar-refractivity contribution is 7.18. The van der Waals surface area contributed by atoms with Gasteiger partial charge in [-0.25, -0.2) is 4.98 Å². The van der Waals surface area contributed by atoms with Gasteiger partial charge >= 0.3 is 0 Å². The van der Waals surface area contributed by atoms with E-state index < -0.39 is 0 Å². The Labute approximate surface area is 86.5 Å². The maximum atomic E-state index is 5.55. The third-order valence-corrected chi connectivity index (χ3v) is 3.07. The van der Waals surface area contributed by atoms with Crippen LogP contribution in [0.3, 0.4) is 0 Å². The predicted octanol–water partition coefficient (Wildman–Crippen LogP) is 2.07. The van der Waals surface area contributed by atoms with E-state index in [4.69, 9.17) is 10.5 Å². The molecule has 3 nitrogen and oxygen atoms in total. The number of fused-ring (bicyclic) bond motifs is 1. The van der Waals surface area contributed by atoms with E-state index in [-0.39, 0.29) is 0 Å². The van der Waals surface area contributed by atoms with E-state index in [1.54, 1.807) is 18.4 Å². The van der Waals surface area contributed by atoms with Crippen molar-refractivity contribution in [2.45, 2.75) is 13.5 Å². The molecule has 0 amide bonds. The molecule has 2 N–H and O–H groups in total. The molecule has 2 rings (SSSR count). The lowest BCUT2D eigenvalue weighted by molar-refractivity contribution is 0.418. The second-order valence-electron chi connectivity index (χ2n) is 3.13. The van der Waals surface area contributed by atoms with E-state index in [0.29, 0.717) is 6.54 Å². The Kier molecular flexibility index (Phi) is 2.39. The van der Waals surface area contributed by atoms with Gasteiger partial charge in [0.05, 0.1) is 11.8 Å². The lowest BCUT2D eigenvalue weighted by atomic mass is 10.2. The highest BCUT2D eigenvalue weighted by Crippen LogP contribution is 2.30. The van der Waals surface area contributed by atoms with Crippen molar-refractivity contribution in [1.29, 1.82) is 0 Å². The molecular weight excluding hydrogens is 196 g/mol. The van der Waals surface area contributed by atoms with Crippen LogP contribution in [0.1, 0.15) is 10.6 Å². The van der Waals surface area contributed by atoms with Gasteiger partial charge in [-0.1, -0.05) is 0 Å². The number of hydrogen-bond donors (Lipinski definition) is 1. The Balaban J connectivity index is 2.71. The number of ether oxygens (including phenoxy) is 1. The Hall–Kier alpha value is -1.13. The Morgan fingerprint density at radius 3 is 2.93 bits per heavy atom. The topological polar surface area (TPSA) is 48.1 Å². The monoisotopic (exact) mass is 208 g/mol. The standard InChI is InChI=1S/C10H12N2OS/c1-6-3-7(13-2)10-8(4-6)14-9(5-11)12-10/h3-4H,5,11H2,1-2H3. The summed E-state index contributed by atoms with van der Waals surface area (Å²) in [6.07, 6.45) is 0. The normalized spacial score (nSPS) is 10.8. The van der Waals surface area contributed by atoms with Gasteiger partial charge in [0, 0.05) is 6.54 Å². The van der Waals surface area contributed by atoms with Crippen molar-refractivity contribution < 1.29 is 4.74 Å². The van der Waals surface area contributed by atoms with Crippen LogP contribution in [-0.2, 0) is 6.54 Å². The van der Waals surface area contributed by atoms with Crippen LogP contribution in [0.25, 0.3) is 10.2 Å². The maximum absolute atomic E-state index is 5.55. The molecule has 1 aromatic carbocycles. The Bertz CT molecular complexity index is 464. The maximum Gasteiger partial charge on any atom is 0.146 e. The molecule has 0 saturated heterocycles. The second kappa shape index (κ2) is 3.55. The van der Waals surface area contributed by atoms with Gasteiger partial charge in [0.15, 0.2) is 0 Å². The SMILES string of the molecule is COc1cc(C)cc2sc(CN)nc12. The van der Waals surface area contributed by atoms with Crippen molar-refractivity contribution in [3.8, 4) is 5.75 Å². The first-order valence-corrected chi connectivity index (χ1v) is 5.20. The minimum atomic E-state index is 0.488. The molecule has 1 heterocycles. The smallest absolute Gasteiger partial charge is 0.146 e. The minimum Gasteiger partial charge on any atom is -0.494 e. The first-order valence-electron chi connectivity index (χ1n) is 4.38. The number of methoxy groups -OCH3 is 1. The lowest BCUT2D eigenvalue weighted by Crippen LogP contribution is -1.94. The number of aromatic nitrogens is 1. The van der Waals surface area contributed by atoms with Crippen LogP contribution in [0.4, 0.5) is 0 Å². The fraction of sp³-hybridized carbons (Fsp3) is 0.300. The number of nitrogens with zero attached hydrogens (tertiary/aromatic N) is 1. The van der Waals surface area contributed by atoms with Gasteiger partial charge in [0.1, 0.15) is 16.3 Å². The molecule has 0 fully saturated rings. The van der Waals surface area contributed by atoms with Crippen LogP contribution >= 0.6 is 11.3 Å². The molecule has 0 aliphatic heterocycles. The number of aryl methyl sites for hydroxylation is 1. The molecule has 0 saturated carbocycles. The molecule has 0 bridgehead atoms. The zero-order chi connectivity index (χ0) is 10.1. The van der Waals surface area contributed by atoms with Crippen LogP contribution in [0, 0.1) is 6.92 Å². The van der Waals surface area contributed by atoms with Crippen LogP contribution in [0.5, 0.6) is 5.75 Å². The molecular formula is C10H12N2OS. The van der Waals surface area contributed by atoms with E-state index in [1.807, 2.05) is 13.0 Å². The first-order chi connectivity index (χ1) is 6.74. The zero-order valence-corrected chi connectivity index (χ0v) is 9.02. The zero-order valence-electron chi connectivity index (χ0n) is 8.20. The summed E-state index contributed by atoms with van der Waals surface area (Å²) in [5.41, 5.74) is 7.65. The van der Waals surface area contributed by atoms with Gasteiger partial charge in [0.25, 0.3) is 0 Å². The highest BCUT2D eigenvalue weighted by Gasteiger charge is 2.08. The van der Waals surface area contributed by atoms with Gasteiger partial charge < -0.3 is 10.5 Å². The summed E-state index contributed by atoms with van der Waals surface area (Å²) < 4.78 is 6.41. The fourth-order valence-corrected chi connectivity index (χ4v) is 2.38. The van der Waals surface area contributed by atoms with Gasteiger partial charge in [-0.3, -0.25) is 0 Å². The average Bonchev–Trinajstić information content (AvgIpc) is 2.59. The number of thiazole rings is 1. The Morgan fingerprint density at radius 1 is 1.50 bits per heavy atom. The van der Waals surface area contributed by atoms with Gasteiger partial charge in [-0.15, -0.1) is 11.3 Å². The summed E-state index contributed by atoms with van der Waals surface area (Å²) in [5.74, 6) is 0.830. The molecule has 0 radical (unpaired) electrons. The lowest BCUT2D eigenvalue weighted by Gasteiger charge is -2.01. The van der Waals surface area contributed by atoms with Gasteiger partial charge in [0.2, 0.25) is 0 Å². The summed E-state index contributed by atoms with van der Waals surface area (Å²) >= 11 is 1.62. The number of rotatable bonds is 2.